The topological polar surface area (TPSA) is 66.5 Å². The number of hydrogen-bond acceptors (Lipinski definition) is 3. The third kappa shape index (κ3) is 2.36. The predicted molar refractivity (Wildman–Crippen MR) is 108 cm³/mol. The summed E-state index contributed by atoms with van der Waals surface area (Å²) >= 11 is 0. The van der Waals surface area contributed by atoms with E-state index in [0.29, 0.717) is 23.1 Å². The molecule has 2 aromatic rings. The van der Waals surface area contributed by atoms with Crippen LogP contribution in [0.15, 0.2) is 66.7 Å². The molecule has 0 unspecified atom stereocenters. The van der Waals surface area contributed by atoms with Crippen LogP contribution in [-0.4, -0.2) is 17.7 Å². The molecule has 2 saturated carbocycles. The van der Waals surface area contributed by atoms with E-state index in [-0.39, 0.29) is 41.4 Å². The van der Waals surface area contributed by atoms with E-state index in [2.05, 4.69) is 17.5 Å². The maximum Gasteiger partial charge on any atom is 0.255 e. The highest BCUT2D eigenvalue weighted by Crippen LogP contribution is 2.65. The van der Waals surface area contributed by atoms with E-state index in [1.807, 2.05) is 30.3 Å². The quantitative estimate of drug-likeness (QED) is 0.651. The van der Waals surface area contributed by atoms with Crippen molar-refractivity contribution in [2.45, 2.75) is 6.42 Å². The molecule has 5 nitrogen and oxygen atoms in total. The van der Waals surface area contributed by atoms with E-state index in [1.165, 1.54) is 4.90 Å². The number of amides is 3. The second kappa shape index (κ2) is 5.89. The Morgan fingerprint density at radius 1 is 0.828 bits per heavy atom. The fourth-order valence-corrected chi connectivity index (χ4v) is 5.70. The first-order valence-corrected chi connectivity index (χ1v) is 10.2. The first-order chi connectivity index (χ1) is 14.1. The largest absolute Gasteiger partial charge is 0.322 e. The Morgan fingerprint density at radius 3 is 2.00 bits per heavy atom. The van der Waals surface area contributed by atoms with Crippen LogP contribution < -0.4 is 10.2 Å². The number of imide groups is 1. The number of nitrogens with one attached hydrogen (secondary N) is 1. The van der Waals surface area contributed by atoms with Crippen molar-refractivity contribution in [2.75, 3.05) is 10.2 Å². The van der Waals surface area contributed by atoms with Gasteiger partial charge in [0.25, 0.3) is 5.91 Å². The van der Waals surface area contributed by atoms with E-state index in [4.69, 9.17) is 0 Å². The Bertz CT molecular complexity index is 1020. The van der Waals surface area contributed by atoms with Gasteiger partial charge in [0.2, 0.25) is 11.8 Å². The van der Waals surface area contributed by atoms with Crippen LogP contribution in [0.2, 0.25) is 0 Å². The molecular formula is C24H20N2O3. The maximum atomic E-state index is 13.2. The molecule has 5 aliphatic rings. The highest BCUT2D eigenvalue weighted by Gasteiger charge is 2.67. The third-order valence-corrected chi connectivity index (χ3v) is 7.08. The fourth-order valence-electron chi connectivity index (χ4n) is 5.70. The van der Waals surface area contributed by atoms with Gasteiger partial charge in [0.05, 0.1) is 17.5 Å². The van der Waals surface area contributed by atoms with Gasteiger partial charge in [-0.25, -0.2) is 0 Å². The van der Waals surface area contributed by atoms with Crippen molar-refractivity contribution in [1.29, 1.82) is 0 Å². The number of benzene rings is 2. The first kappa shape index (κ1) is 16.7. The molecule has 2 bridgehead atoms. The molecule has 7 rings (SSSR count). The van der Waals surface area contributed by atoms with Crippen LogP contribution in [0.25, 0.3) is 0 Å². The molecule has 1 heterocycles. The molecule has 2 aromatic carbocycles. The molecule has 5 heteroatoms. The Kier molecular flexibility index (Phi) is 3.40. The number of allylic oxidation sites excluding steroid dienone is 2. The van der Waals surface area contributed by atoms with Gasteiger partial charge in [-0.2, -0.15) is 0 Å². The van der Waals surface area contributed by atoms with Crippen LogP contribution >= 0.6 is 0 Å². The van der Waals surface area contributed by atoms with E-state index < -0.39 is 0 Å². The van der Waals surface area contributed by atoms with Crippen molar-refractivity contribution in [3.05, 3.63) is 72.3 Å². The minimum atomic E-state index is -0.224. The van der Waals surface area contributed by atoms with Gasteiger partial charge in [0.15, 0.2) is 0 Å². The molecule has 29 heavy (non-hydrogen) atoms. The van der Waals surface area contributed by atoms with Gasteiger partial charge >= 0.3 is 0 Å². The molecule has 0 spiro atoms. The lowest BCUT2D eigenvalue weighted by Crippen LogP contribution is -2.40. The zero-order chi connectivity index (χ0) is 19.7. The molecule has 6 atom stereocenters. The van der Waals surface area contributed by atoms with Crippen molar-refractivity contribution in [3.63, 3.8) is 0 Å². The van der Waals surface area contributed by atoms with Gasteiger partial charge in [-0.1, -0.05) is 30.4 Å². The Hall–Kier alpha value is -3.21. The summed E-state index contributed by atoms with van der Waals surface area (Å²) in [5.74, 6) is 0.818. The van der Waals surface area contributed by atoms with Crippen LogP contribution in [0.5, 0.6) is 0 Å². The van der Waals surface area contributed by atoms with Crippen molar-refractivity contribution < 1.29 is 14.4 Å². The van der Waals surface area contributed by atoms with Gasteiger partial charge in [-0.15, -0.1) is 0 Å². The van der Waals surface area contributed by atoms with E-state index in [0.717, 1.165) is 12.1 Å². The van der Waals surface area contributed by atoms with E-state index in [1.54, 1.807) is 24.3 Å². The average Bonchev–Trinajstić information content (AvgIpc) is 3.53. The summed E-state index contributed by atoms with van der Waals surface area (Å²) in [5, 5.41) is 2.84. The first-order valence-electron chi connectivity index (χ1n) is 10.2. The average molecular weight is 384 g/mol. The van der Waals surface area contributed by atoms with E-state index in [9.17, 15) is 14.4 Å². The number of carbonyl (C=O) groups is 3. The predicted octanol–water partition coefficient (Wildman–Crippen LogP) is 3.50. The zero-order valence-corrected chi connectivity index (χ0v) is 15.7. The Morgan fingerprint density at radius 2 is 1.41 bits per heavy atom. The van der Waals surface area contributed by atoms with Crippen molar-refractivity contribution in [3.8, 4) is 0 Å². The summed E-state index contributed by atoms with van der Waals surface area (Å²) in [6, 6.07) is 16.0. The Balaban J connectivity index is 1.24. The number of hydrogen-bond donors (Lipinski definition) is 1. The maximum absolute atomic E-state index is 13.2. The summed E-state index contributed by atoms with van der Waals surface area (Å²) in [5.41, 5.74) is 1.76. The van der Waals surface area contributed by atoms with Gasteiger partial charge in [-0.3, -0.25) is 19.3 Å². The summed E-state index contributed by atoms with van der Waals surface area (Å²) in [6.45, 7) is 0. The van der Waals surface area contributed by atoms with Crippen molar-refractivity contribution in [2.24, 2.45) is 35.5 Å². The van der Waals surface area contributed by atoms with Crippen LogP contribution in [-0.2, 0) is 9.59 Å². The smallest absolute Gasteiger partial charge is 0.255 e. The van der Waals surface area contributed by atoms with Gasteiger partial charge < -0.3 is 5.32 Å². The number of carbonyl (C=O) groups excluding carboxylic acids is 3. The lowest BCUT2D eigenvalue weighted by atomic mass is 9.63. The number of para-hydroxylation sites is 1. The van der Waals surface area contributed by atoms with Gasteiger partial charge in [0.1, 0.15) is 0 Å². The van der Waals surface area contributed by atoms with Gasteiger partial charge in [0, 0.05) is 11.3 Å². The summed E-state index contributed by atoms with van der Waals surface area (Å²) in [6.07, 6.45) is 5.50. The molecule has 0 radical (unpaired) electrons. The minimum absolute atomic E-state index is 0.0776. The van der Waals surface area contributed by atoms with Crippen LogP contribution in [0.1, 0.15) is 16.8 Å². The standard InChI is InChI=1S/C24H20N2O3/c27-22(25-14-4-2-1-3-5-14)13-6-8-15(9-7-13)26-23(28)20-16-10-11-17(19-12-18(16)19)21(20)24(26)29/h1-11,16-21H,12H2,(H,25,27)/t16-,17-,18-,19+,20-,21+/m0/s1. The fraction of sp³-hybridized carbons (Fsp3) is 0.292. The summed E-state index contributed by atoms with van der Waals surface area (Å²) in [7, 11) is 0. The molecule has 3 amide bonds. The molecule has 0 aromatic heterocycles. The second-order valence-electron chi connectivity index (χ2n) is 8.53. The van der Waals surface area contributed by atoms with Gasteiger partial charge in [-0.05, 0) is 66.5 Å². The van der Waals surface area contributed by atoms with Crippen LogP contribution in [0.3, 0.4) is 0 Å². The number of anilines is 2. The normalized spacial score (nSPS) is 33.4. The second-order valence-corrected chi connectivity index (χ2v) is 8.53. The molecule has 1 N–H and O–H groups in total. The lowest BCUT2D eigenvalue weighted by molar-refractivity contribution is -0.124. The SMILES string of the molecule is O=C(Nc1ccccc1)c1ccc(N2C(=O)[C@@H]3[C@H]4C=C[C@@H]([C@@H]5C[C@H]45)[C@@H]3C2=O)cc1. The van der Waals surface area contributed by atoms with Crippen LogP contribution in [0, 0.1) is 35.5 Å². The monoisotopic (exact) mass is 384 g/mol. The molecule has 144 valence electrons. The minimum Gasteiger partial charge on any atom is -0.322 e. The van der Waals surface area contributed by atoms with Crippen LogP contribution in [0.4, 0.5) is 11.4 Å². The Labute approximate surface area is 168 Å². The highest BCUT2D eigenvalue weighted by molar-refractivity contribution is 6.22. The molecule has 4 aliphatic carbocycles. The summed E-state index contributed by atoms with van der Waals surface area (Å²) in [4.78, 5) is 40.1. The van der Waals surface area contributed by atoms with E-state index >= 15 is 0 Å². The van der Waals surface area contributed by atoms with Crippen molar-refractivity contribution in [1.82, 2.24) is 0 Å². The zero-order valence-electron chi connectivity index (χ0n) is 15.7. The summed E-state index contributed by atoms with van der Waals surface area (Å²) < 4.78 is 0. The molecule has 1 saturated heterocycles. The number of rotatable bonds is 3. The van der Waals surface area contributed by atoms with Crippen molar-refractivity contribution >= 4 is 29.1 Å². The number of nitrogens with zero attached hydrogens (tertiary/aromatic N) is 1. The highest BCUT2D eigenvalue weighted by atomic mass is 16.2. The lowest BCUT2D eigenvalue weighted by Gasteiger charge is -2.37. The molecule has 3 fully saturated rings. The molecular weight excluding hydrogens is 364 g/mol. The third-order valence-electron chi connectivity index (χ3n) is 7.08. The molecule has 1 aliphatic heterocycles.